The third-order valence-corrected chi connectivity index (χ3v) is 9.17. The third-order valence-electron chi connectivity index (χ3n) is 9.17. The monoisotopic (exact) mass is 615 g/mol. The van der Waals surface area contributed by atoms with Crippen LogP contribution in [0.25, 0.3) is 99.9 Å². The Morgan fingerprint density at radius 3 is 1.69 bits per heavy atom. The number of rotatable bonds is 4. The number of hydrogen-bond acceptors (Lipinski definition) is 5. The summed E-state index contributed by atoms with van der Waals surface area (Å²) in [5.41, 5.74) is 8.25. The molecule has 0 saturated heterocycles. The molecule has 5 nitrogen and oxygen atoms in total. The maximum absolute atomic E-state index is 6.27. The molecule has 48 heavy (non-hydrogen) atoms. The fourth-order valence-corrected chi connectivity index (χ4v) is 6.94. The molecule has 0 radical (unpaired) electrons. The zero-order valence-corrected chi connectivity index (χ0v) is 25.6. The molecule has 10 aromatic rings. The minimum Gasteiger partial charge on any atom is -0.456 e. The molecule has 224 valence electrons. The SMILES string of the molecule is c1ccc(-c2ccc(-c3nc(-c4ccc5c(c4)oc4ccccc45)nc(-c4cccc5oc6ccccc6c45)n3)c3ccccc23)cc1. The Kier molecular flexibility index (Phi) is 5.81. The van der Waals surface area contributed by atoms with Crippen LogP contribution in [-0.4, -0.2) is 15.0 Å². The van der Waals surface area contributed by atoms with Gasteiger partial charge in [0.25, 0.3) is 0 Å². The summed E-state index contributed by atoms with van der Waals surface area (Å²) in [7, 11) is 0. The van der Waals surface area contributed by atoms with Crippen LogP contribution in [-0.2, 0) is 0 Å². The number of hydrogen-bond donors (Lipinski definition) is 0. The Morgan fingerprint density at radius 1 is 0.312 bits per heavy atom. The lowest BCUT2D eigenvalue weighted by atomic mass is 9.94. The number of nitrogens with zero attached hydrogens (tertiary/aromatic N) is 3. The fraction of sp³-hybridized carbons (Fsp3) is 0. The van der Waals surface area contributed by atoms with E-state index >= 15 is 0 Å². The lowest BCUT2D eigenvalue weighted by Gasteiger charge is -2.13. The van der Waals surface area contributed by atoms with E-state index in [2.05, 4.69) is 91.0 Å². The van der Waals surface area contributed by atoms with Crippen molar-refractivity contribution in [2.75, 3.05) is 0 Å². The van der Waals surface area contributed by atoms with Gasteiger partial charge in [-0.3, -0.25) is 0 Å². The molecule has 7 aromatic carbocycles. The highest BCUT2D eigenvalue weighted by Gasteiger charge is 2.20. The van der Waals surface area contributed by atoms with Crippen molar-refractivity contribution >= 4 is 54.6 Å². The lowest BCUT2D eigenvalue weighted by molar-refractivity contribution is 0.668. The average molecular weight is 616 g/mol. The topological polar surface area (TPSA) is 65.0 Å². The predicted octanol–water partition coefficient (Wildman–Crippen LogP) is 11.5. The van der Waals surface area contributed by atoms with Gasteiger partial charge in [-0.05, 0) is 58.3 Å². The molecule has 10 rings (SSSR count). The smallest absolute Gasteiger partial charge is 0.164 e. The van der Waals surface area contributed by atoms with Crippen LogP contribution in [0.1, 0.15) is 0 Å². The summed E-state index contributed by atoms with van der Waals surface area (Å²) >= 11 is 0. The van der Waals surface area contributed by atoms with Crippen LogP contribution in [0.3, 0.4) is 0 Å². The molecule has 0 amide bonds. The van der Waals surface area contributed by atoms with Crippen LogP contribution >= 0.6 is 0 Å². The van der Waals surface area contributed by atoms with Gasteiger partial charge in [-0.2, -0.15) is 0 Å². The van der Waals surface area contributed by atoms with E-state index in [9.17, 15) is 0 Å². The summed E-state index contributed by atoms with van der Waals surface area (Å²) in [6, 6.07) is 51.7. The Morgan fingerprint density at radius 2 is 0.875 bits per heavy atom. The van der Waals surface area contributed by atoms with Gasteiger partial charge in [-0.1, -0.05) is 115 Å². The second-order valence-corrected chi connectivity index (χ2v) is 12.0. The van der Waals surface area contributed by atoms with Crippen molar-refractivity contribution in [3.8, 4) is 45.3 Å². The molecule has 0 fully saturated rings. The predicted molar refractivity (Wildman–Crippen MR) is 194 cm³/mol. The van der Waals surface area contributed by atoms with Crippen LogP contribution < -0.4 is 0 Å². The van der Waals surface area contributed by atoms with E-state index in [0.29, 0.717) is 17.5 Å². The summed E-state index contributed by atoms with van der Waals surface area (Å²) in [4.78, 5) is 15.5. The number of benzene rings is 7. The summed E-state index contributed by atoms with van der Waals surface area (Å²) < 4.78 is 12.5. The van der Waals surface area contributed by atoms with Crippen LogP contribution in [0.2, 0.25) is 0 Å². The van der Waals surface area contributed by atoms with E-state index in [1.165, 1.54) is 0 Å². The molecular formula is C43H25N3O2. The van der Waals surface area contributed by atoms with Gasteiger partial charge in [0.05, 0.1) is 0 Å². The first-order valence-corrected chi connectivity index (χ1v) is 15.9. The van der Waals surface area contributed by atoms with Crippen LogP contribution in [0.5, 0.6) is 0 Å². The second kappa shape index (κ2) is 10.5. The maximum Gasteiger partial charge on any atom is 0.164 e. The van der Waals surface area contributed by atoms with Crippen LogP contribution in [0.4, 0.5) is 0 Å². The van der Waals surface area contributed by atoms with Gasteiger partial charge in [-0.15, -0.1) is 0 Å². The van der Waals surface area contributed by atoms with E-state index in [0.717, 1.165) is 82.5 Å². The molecule has 0 N–H and O–H groups in total. The zero-order valence-electron chi connectivity index (χ0n) is 25.6. The summed E-state index contributed by atoms with van der Waals surface area (Å²) in [6.07, 6.45) is 0. The fourth-order valence-electron chi connectivity index (χ4n) is 6.94. The van der Waals surface area contributed by atoms with Crippen molar-refractivity contribution in [3.05, 3.63) is 152 Å². The standard InChI is InChI=1S/C43H25N3O2/c1-2-11-26(12-3-1)28-23-24-33(30-14-5-4-13-29(28)30)42-44-41(27-21-22-32-31-15-6-8-18-36(31)48-39(32)25-27)45-43(46-42)35-17-10-20-38-40(35)34-16-7-9-19-37(34)47-38/h1-25H. The van der Waals surface area contributed by atoms with Crippen molar-refractivity contribution < 1.29 is 8.83 Å². The first-order chi connectivity index (χ1) is 23.8. The normalized spacial score (nSPS) is 11.8. The Labute approximate surface area is 274 Å². The van der Waals surface area contributed by atoms with E-state index in [4.69, 9.17) is 23.8 Å². The number of aromatic nitrogens is 3. The van der Waals surface area contributed by atoms with Crippen LogP contribution in [0, 0.1) is 0 Å². The van der Waals surface area contributed by atoms with Gasteiger partial charge in [0.1, 0.15) is 22.3 Å². The molecule has 0 atom stereocenters. The molecule has 0 saturated carbocycles. The summed E-state index contributed by atoms with van der Waals surface area (Å²) in [6.45, 7) is 0. The van der Waals surface area contributed by atoms with E-state index in [1.54, 1.807) is 0 Å². The first-order valence-electron chi connectivity index (χ1n) is 15.9. The molecule has 0 aliphatic heterocycles. The van der Waals surface area contributed by atoms with Gasteiger partial charge in [0.15, 0.2) is 17.5 Å². The van der Waals surface area contributed by atoms with Crippen molar-refractivity contribution in [1.82, 2.24) is 15.0 Å². The van der Waals surface area contributed by atoms with Crippen molar-refractivity contribution in [1.29, 1.82) is 0 Å². The van der Waals surface area contributed by atoms with Gasteiger partial charge >= 0.3 is 0 Å². The number of para-hydroxylation sites is 2. The van der Waals surface area contributed by atoms with Gasteiger partial charge < -0.3 is 8.83 Å². The average Bonchev–Trinajstić information content (AvgIpc) is 3.72. The Hall–Kier alpha value is -6.59. The zero-order chi connectivity index (χ0) is 31.6. The highest BCUT2D eigenvalue weighted by molar-refractivity contribution is 6.12. The van der Waals surface area contributed by atoms with Gasteiger partial charge in [0.2, 0.25) is 0 Å². The highest BCUT2D eigenvalue weighted by atomic mass is 16.3. The molecule has 0 aliphatic rings. The Bertz CT molecular complexity index is 2850. The van der Waals surface area contributed by atoms with Gasteiger partial charge in [-0.25, -0.2) is 15.0 Å². The molecule has 0 bridgehead atoms. The summed E-state index contributed by atoms with van der Waals surface area (Å²) in [5.74, 6) is 1.74. The van der Waals surface area contributed by atoms with E-state index < -0.39 is 0 Å². The lowest BCUT2D eigenvalue weighted by Crippen LogP contribution is -2.01. The maximum atomic E-state index is 6.27. The molecule has 0 aliphatic carbocycles. The van der Waals surface area contributed by atoms with Crippen molar-refractivity contribution in [3.63, 3.8) is 0 Å². The molecular weight excluding hydrogens is 590 g/mol. The molecule has 0 unspecified atom stereocenters. The van der Waals surface area contributed by atoms with Gasteiger partial charge in [0, 0.05) is 38.2 Å². The molecule has 5 heteroatoms. The van der Waals surface area contributed by atoms with E-state index in [-0.39, 0.29) is 0 Å². The Balaban J connectivity index is 1.24. The second-order valence-electron chi connectivity index (χ2n) is 12.0. The molecule has 0 spiro atoms. The largest absolute Gasteiger partial charge is 0.456 e. The third kappa shape index (κ3) is 4.15. The summed E-state index contributed by atoms with van der Waals surface area (Å²) in [5, 5.41) is 6.35. The quantitative estimate of drug-likeness (QED) is 0.197. The van der Waals surface area contributed by atoms with Crippen LogP contribution in [0.15, 0.2) is 160 Å². The number of furan rings is 2. The van der Waals surface area contributed by atoms with E-state index in [1.807, 2.05) is 60.7 Å². The highest BCUT2D eigenvalue weighted by Crippen LogP contribution is 2.39. The number of fused-ring (bicyclic) bond motifs is 7. The minimum absolute atomic E-state index is 0.568. The molecule has 3 heterocycles. The minimum atomic E-state index is 0.568. The first kappa shape index (κ1) is 26.6. The van der Waals surface area contributed by atoms with Crippen molar-refractivity contribution in [2.45, 2.75) is 0 Å². The van der Waals surface area contributed by atoms with Crippen molar-refractivity contribution in [2.24, 2.45) is 0 Å². The molecule has 3 aromatic heterocycles.